The summed E-state index contributed by atoms with van der Waals surface area (Å²) >= 11 is 5.60. The SMILES string of the molecule is CC(C)CN(CCN(C)C)C(=O)CCCCl. The zero-order chi connectivity index (χ0) is 12.6. The van der Waals surface area contributed by atoms with Crippen LogP contribution in [0.15, 0.2) is 0 Å². The lowest BCUT2D eigenvalue weighted by Crippen LogP contribution is -2.38. The third-order valence-corrected chi connectivity index (χ3v) is 2.55. The number of carbonyl (C=O) groups excluding carboxylic acids is 1. The van der Waals surface area contributed by atoms with E-state index in [0.29, 0.717) is 18.2 Å². The van der Waals surface area contributed by atoms with Gasteiger partial charge in [-0.3, -0.25) is 4.79 Å². The number of hydrogen-bond donors (Lipinski definition) is 0. The van der Waals surface area contributed by atoms with E-state index in [2.05, 4.69) is 18.7 Å². The highest BCUT2D eigenvalue weighted by Crippen LogP contribution is 2.04. The van der Waals surface area contributed by atoms with Crippen LogP contribution in [0.2, 0.25) is 0 Å². The predicted molar refractivity (Wildman–Crippen MR) is 69.9 cm³/mol. The molecule has 16 heavy (non-hydrogen) atoms. The molecule has 4 heteroatoms. The topological polar surface area (TPSA) is 23.6 Å². The highest BCUT2D eigenvalue weighted by Gasteiger charge is 2.14. The lowest BCUT2D eigenvalue weighted by molar-refractivity contribution is -0.131. The fraction of sp³-hybridized carbons (Fsp3) is 0.917. The molecular weight excluding hydrogens is 224 g/mol. The smallest absolute Gasteiger partial charge is 0.222 e. The number of rotatable bonds is 8. The molecule has 0 fully saturated rings. The predicted octanol–water partition coefficient (Wildman–Crippen LogP) is 2.05. The number of amides is 1. The van der Waals surface area contributed by atoms with Gasteiger partial charge in [0, 0.05) is 31.9 Å². The van der Waals surface area contributed by atoms with Gasteiger partial charge in [-0.15, -0.1) is 11.6 Å². The van der Waals surface area contributed by atoms with E-state index in [1.807, 2.05) is 19.0 Å². The van der Waals surface area contributed by atoms with Crippen molar-refractivity contribution in [2.45, 2.75) is 26.7 Å². The molecule has 0 radical (unpaired) electrons. The first-order chi connectivity index (χ1) is 7.47. The monoisotopic (exact) mass is 248 g/mol. The van der Waals surface area contributed by atoms with E-state index in [9.17, 15) is 4.79 Å². The van der Waals surface area contributed by atoms with Crippen LogP contribution >= 0.6 is 11.6 Å². The molecule has 0 unspecified atom stereocenters. The van der Waals surface area contributed by atoms with Crippen LogP contribution in [-0.2, 0) is 4.79 Å². The van der Waals surface area contributed by atoms with Crippen molar-refractivity contribution in [1.82, 2.24) is 9.80 Å². The van der Waals surface area contributed by atoms with Crippen molar-refractivity contribution < 1.29 is 4.79 Å². The first-order valence-corrected chi connectivity index (χ1v) is 6.49. The Kier molecular flexibility index (Phi) is 8.67. The molecule has 0 N–H and O–H groups in total. The van der Waals surface area contributed by atoms with Gasteiger partial charge in [0.05, 0.1) is 0 Å². The van der Waals surface area contributed by atoms with Crippen molar-refractivity contribution in [2.75, 3.05) is 39.6 Å². The maximum absolute atomic E-state index is 11.9. The number of alkyl halides is 1. The van der Waals surface area contributed by atoms with Gasteiger partial charge in [0.25, 0.3) is 0 Å². The summed E-state index contributed by atoms with van der Waals surface area (Å²) < 4.78 is 0. The second-order valence-electron chi connectivity index (χ2n) is 4.83. The van der Waals surface area contributed by atoms with E-state index in [-0.39, 0.29) is 5.91 Å². The Morgan fingerprint density at radius 1 is 1.25 bits per heavy atom. The first kappa shape index (κ1) is 15.7. The summed E-state index contributed by atoms with van der Waals surface area (Å²) in [6.45, 7) is 6.84. The fourth-order valence-electron chi connectivity index (χ4n) is 1.46. The molecule has 0 aromatic heterocycles. The van der Waals surface area contributed by atoms with Crippen molar-refractivity contribution in [3.63, 3.8) is 0 Å². The lowest BCUT2D eigenvalue weighted by atomic mass is 10.2. The van der Waals surface area contributed by atoms with E-state index in [4.69, 9.17) is 11.6 Å². The molecule has 1 amide bonds. The molecule has 0 heterocycles. The third kappa shape index (κ3) is 7.94. The molecule has 96 valence electrons. The van der Waals surface area contributed by atoms with Crippen LogP contribution in [0.1, 0.15) is 26.7 Å². The summed E-state index contributed by atoms with van der Waals surface area (Å²) in [5.74, 6) is 1.31. The van der Waals surface area contributed by atoms with E-state index in [0.717, 1.165) is 26.1 Å². The Morgan fingerprint density at radius 3 is 2.31 bits per heavy atom. The number of hydrogen-bond acceptors (Lipinski definition) is 2. The molecular formula is C12H25ClN2O. The Labute approximate surface area is 105 Å². The number of nitrogens with zero attached hydrogens (tertiary/aromatic N) is 2. The van der Waals surface area contributed by atoms with E-state index in [1.54, 1.807) is 0 Å². The fourth-order valence-corrected chi connectivity index (χ4v) is 1.59. The average molecular weight is 249 g/mol. The maximum atomic E-state index is 11.9. The minimum absolute atomic E-state index is 0.233. The Balaban J connectivity index is 4.12. The van der Waals surface area contributed by atoms with Crippen molar-refractivity contribution in [2.24, 2.45) is 5.92 Å². The third-order valence-electron chi connectivity index (χ3n) is 2.28. The largest absolute Gasteiger partial charge is 0.341 e. The van der Waals surface area contributed by atoms with Crippen LogP contribution in [0.4, 0.5) is 0 Å². The molecule has 0 spiro atoms. The minimum Gasteiger partial charge on any atom is -0.341 e. The number of carbonyl (C=O) groups is 1. The van der Waals surface area contributed by atoms with Gasteiger partial charge in [0.15, 0.2) is 0 Å². The highest BCUT2D eigenvalue weighted by molar-refractivity contribution is 6.17. The molecule has 0 aliphatic heterocycles. The quantitative estimate of drug-likeness (QED) is 0.614. The van der Waals surface area contributed by atoms with E-state index in [1.165, 1.54) is 0 Å². The second kappa shape index (κ2) is 8.82. The van der Waals surface area contributed by atoms with Crippen LogP contribution in [-0.4, -0.2) is 55.3 Å². The van der Waals surface area contributed by atoms with Gasteiger partial charge >= 0.3 is 0 Å². The average Bonchev–Trinajstić information content (AvgIpc) is 2.19. The van der Waals surface area contributed by atoms with Crippen molar-refractivity contribution in [3.05, 3.63) is 0 Å². The van der Waals surface area contributed by atoms with Crippen molar-refractivity contribution >= 4 is 17.5 Å². The lowest BCUT2D eigenvalue weighted by Gasteiger charge is -2.26. The summed E-state index contributed by atoms with van der Waals surface area (Å²) in [6, 6.07) is 0. The van der Waals surface area contributed by atoms with Gasteiger partial charge in [-0.1, -0.05) is 13.8 Å². The number of halogens is 1. The molecule has 0 rings (SSSR count). The molecule has 3 nitrogen and oxygen atoms in total. The van der Waals surface area contributed by atoms with Crippen molar-refractivity contribution in [1.29, 1.82) is 0 Å². The van der Waals surface area contributed by atoms with E-state index >= 15 is 0 Å². The Bertz CT molecular complexity index is 195. The minimum atomic E-state index is 0.233. The summed E-state index contributed by atoms with van der Waals surface area (Å²) in [4.78, 5) is 16.0. The van der Waals surface area contributed by atoms with Crippen LogP contribution < -0.4 is 0 Å². The Hall–Kier alpha value is -0.280. The molecule has 0 bridgehead atoms. The van der Waals surface area contributed by atoms with Gasteiger partial charge in [-0.25, -0.2) is 0 Å². The van der Waals surface area contributed by atoms with Gasteiger partial charge in [-0.05, 0) is 26.4 Å². The second-order valence-corrected chi connectivity index (χ2v) is 5.21. The molecule has 0 aromatic carbocycles. The molecule has 0 aliphatic carbocycles. The maximum Gasteiger partial charge on any atom is 0.222 e. The van der Waals surface area contributed by atoms with Gasteiger partial charge < -0.3 is 9.80 Å². The normalized spacial score (nSPS) is 11.2. The van der Waals surface area contributed by atoms with Crippen LogP contribution in [0, 0.1) is 5.92 Å². The zero-order valence-electron chi connectivity index (χ0n) is 11.0. The molecule has 0 aliphatic rings. The van der Waals surface area contributed by atoms with Gasteiger partial charge in [-0.2, -0.15) is 0 Å². The van der Waals surface area contributed by atoms with E-state index < -0.39 is 0 Å². The zero-order valence-corrected chi connectivity index (χ0v) is 11.8. The first-order valence-electron chi connectivity index (χ1n) is 5.95. The molecule has 0 saturated heterocycles. The molecule has 0 aromatic rings. The summed E-state index contributed by atoms with van der Waals surface area (Å²) in [7, 11) is 4.05. The summed E-state index contributed by atoms with van der Waals surface area (Å²) in [5, 5.41) is 0. The summed E-state index contributed by atoms with van der Waals surface area (Å²) in [6.07, 6.45) is 1.35. The molecule has 0 atom stereocenters. The van der Waals surface area contributed by atoms with Gasteiger partial charge in [0.1, 0.15) is 0 Å². The van der Waals surface area contributed by atoms with Crippen LogP contribution in [0.5, 0.6) is 0 Å². The number of likely N-dealkylation sites (N-methyl/N-ethyl adjacent to an activating group) is 1. The van der Waals surface area contributed by atoms with Crippen LogP contribution in [0.3, 0.4) is 0 Å². The summed E-state index contributed by atoms with van der Waals surface area (Å²) in [5.41, 5.74) is 0. The Morgan fingerprint density at radius 2 is 1.88 bits per heavy atom. The molecule has 0 saturated carbocycles. The van der Waals surface area contributed by atoms with Crippen LogP contribution in [0.25, 0.3) is 0 Å². The van der Waals surface area contributed by atoms with Crippen molar-refractivity contribution in [3.8, 4) is 0 Å². The standard InChI is InChI=1S/C12H25ClN2O/c1-11(2)10-15(9-8-14(3)4)12(16)6-5-7-13/h11H,5-10H2,1-4H3. The highest BCUT2D eigenvalue weighted by atomic mass is 35.5. The van der Waals surface area contributed by atoms with Gasteiger partial charge in [0.2, 0.25) is 5.91 Å².